The summed E-state index contributed by atoms with van der Waals surface area (Å²) in [6, 6.07) is 27.1. The van der Waals surface area contributed by atoms with Gasteiger partial charge in [-0.25, -0.2) is 0 Å². The number of thiol groups is 3. The average molecular weight is 635 g/mol. The SMILES string of the molecule is O=C(O)CC(S)c1c(Oc2ccccc2)c(C(S)CC(=O)O)c(-c2ccccc2)c(C(S)CC(=O)O)c1-c1ccccc1. The van der Waals surface area contributed by atoms with E-state index in [9.17, 15) is 29.7 Å². The second-order valence-corrected chi connectivity index (χ2v) is 11.7. The zero-order valence-electron chi connectivity index (χ0n) is 22.8. The molecule has 0 bridgehead atoms. The summed E-state index contributed by atoms with van der Waals surface area (Å²) in [6.07, 6.45) is -1.17. The Kier molecular flexibility index (Phi) is 10.8. The third-order valence-electron chi connectivity index (χ3n) is 6.76. The summed E-state index contributed by atoms with van der Waals surface area (Å²) < 4.78 is 6.56. The van der Waals surface area contributed by atoms with Gasteiger partial charge >= 0.3 is 17.9 Å². The van der Waals surface area contributed by atoms with Crippen molar-refractivity contribution in [2.45, 2.75) is 35.0 Å². The van der Waals surface area contributed by atoms with Gasteiger partial charge < -0.3 is 20.1 Å². The van der Waals surface area contributed by atoms with Crippen molar-refractivity contribution in [3.8, 4) is 33.8 Å². The second-order valence-electron chi connectivity index (χ2n) is 9.81. The van der Waals surface area contributed by atoms with E-state index >= 15 is 0 Å². The number of benzene rings is 4. The summed E-state index contributed by atoms with van der Waals surface area (Å²) in [5.74, 6) is -2.67. The summed E-state index contributed by atoms with van der Waals surface area (Å²) >= 11 is 14.3. The van der Waals surface area contributed by atoms with Gasteiger partial charge in [0, 0.05) is 26.9 Å². The van der Waals surface area contributed by atoms with Crippen LogP contribution in [0.2, 0.25) is 0 Å². The molecular formula is C33H30O7S3. The molecule has 43 heavy (non-hydrogen) atoms. The van der Waals surface area contributed by atoms with E-state index in [1.165, 1.54) is 0 Å². The summed E-state index contributed by atoms with van der Waals surface area (Å²) in [6.45, 7) is 0. The minimum atomic E-state index is -1.11. The van der Waals surface area contributed by atoms with Crippen molar-refractivity contribution in [3.05, 3.63) is 108 Å². The predicted octanol–water partition coefficient (Wildman–Crippen LogP) is 8.15. The van der Waals surface area contributed by atoms with Crippen molar-refractivity contribution in [1.29, 1.82) is 0 Å². The monoisotopic (exact) mass is 634 g/mol. The molecule has 0 aromatic heterocycles. The third-order valence-corrected chi connectivity index (χ3v) is 8.08. The highest BCUT2D eigenvalue weighted by Crippen LogP contribution is 2.55. The van der Waals surface area contributed by atoms with Crippen LogP contribution in [0.25, 0.3) is 22.3 Å². The molecule has 222 valence electrons. The number of ether oxygens (including phenoxy) is 1. The Hall–Kier alpha value is -3.86. The Morgan fingerprint density at radius 2 is 0.860 bits per heavy atom. The first kappa shape index (κ1) is 32.1. The maximum Gasteiger partial charge on any atom is 0.304 e. The third kappa shape index (κ3) is 7.76. The van der Waals surface area contributed by atoms with Crippen LogP contribution in [-0.4, -0.2) is 33.2 Å². The number of hydrogen-bond donors (Lipinski definition) is 6. The van der Waals surface area contributed by atoms with Gasteiger partial charge in [-0.1, -0.05) is 78.9 Å². The first-order chi connectivity index (χ1) is 20.6. The molecule has 7 nitrogen and oxygen atoms in total. The van der Waals surface area contributed by atoms with Crippen molar-refractivity contribution in [2.75, 3.05) is 0 Å². The van der Waals surface area contributed by atoms with Crippen LogP contribution < -0.4 is 4.74 Å². The molecule has 0 heterocycles. The van der Waals surface area contributed by atoms with Crippen molar-refractivity contribution < 1.29 is 34.4 Å². The van der Waals surface area contributed by atoms with Gasteiger partial charge in [0.05, 0.1) is 19.3 Å². The van der Waals surface area contributed by atoms with Gasteiger partial charge in [-0.2, -0.15) is 37.9 Å². The van der Waals surface area contributed by atoms with Crippen LogP contribution in [0.1, 0.15) is 51.7 Å². The van der Waals surface area contributed by atoms with E-state index in [1.807, 2.05) is 66.7 Å². The lowest BCUT2D eigenvalue weighted by Gasteiger charge is -2.32. The molecule has 4 aromatic carbocycles. The molecule has 0 spiro atoms. The van der Waals surface area contributed by atoms with Crippen LogP contribution in [0.4, 0.5) is 0 Å². The minimum Gasteiger partial charge on any atom is -0.481 e. The zero-order chi connectivity index (χ0) is 31.1. The smallest absolute Gasteiger partial charge is 0.304 e. The normalized spacial score (nSPS) is 13.1. The van der Waals surface area contributed by atoms with E-state index in [2.05, 4.69) is 0 Å². The molecule has 3 N–H and O–H groups in total. The lowest BCUT2D eigenvalue weighted by Crippen LogP contribution is -2.15. The minimum absolute atomic E-state index is 0.214. The van der Waals surface area contributed by atoms with Crippen LogP contribution in [0.3, 0.4) is 0 Å². The van der Waals surface area contributed by atoms with E-state index in [0.29, 0.717) is 44.7 Å². The highest BCUT2D eigenvalue weighted by molar-refractivity contribution is 7.81. The number of carbonyl (C=O) groups is 3. The molecule has 0 amide bonds. The van der Waals surface area contributed by atoms with Gasteiger partial charge in [-0.15, -0.1) is 0 Å². The molecule has 10 heteroatoms. The Balaban J connectivity index is 2.30. The van der Waals surface area contributed by atoms with Gasteiger partial charge in [0.2, 0.25) is 0 Å². The maximum atomic E-state index is 12.1. The number of rotatable bonds is 13. The summed E-state index contributed by atoms with van der Waals surface area (Å²) in [5.41, 5.74) is 3.61. The molecule has 3 atom stereocenters. The molecule has 4 aromatic rings. The van der Waals surface area contributed by atoms with Crippen molar-refractivity contribution in [2.24, 2.45) is 0 Å². The molecule has 0 radical (unpaired) electrons. The Morgan fingerprint density at radius 1 is 0.535 bits per heavy atom. The quantitative estimate of drug-likeness (QED) is 0.0821. The summed E-state index contributed by atoms with van der Waals surface area (Å²) in [4.78, 5) is 36.1. The summed E-state index contributed by atoms with van der Waals surface area (Å²) in [5, 5.41) is 26.8. The Labute approximate surface area is 265 Å². The topological polar surface area (TPSA) is 121 Å². The van der Waals surface area contributed by atoms with E-state index < -0.39 is 46.5 Å². The fourth-order valence-electron chi connectivity index (χ4n) is 5.11. The maximum absolute atomic E-state index is 12.1. The number of hydrogen-bond acceptors (Lipinski definition) is 7. The van der Waals surface area contributed by atoms with Crippen LogP contribution in [0.15, 0.2) is 91.0 Å². The van der Waals surface area contributed by atoms with Crippen LogP contribution in [0, 0.1) is 0 Å². The number of aliphatic carboxylic acids is 3. The lowest BCUT2D eigenvalue weighted by atomic mass is 9.79. The molecule has 0 aliphatic heterocycles. The zero-order valence-corrected chi connectivity index (χ0v) is 25.5. The second kappa shape index (κ2) is 14.5. The van der Waals surface area contributed by atoms with Crippen molar-refractivity contribution in [3.63, 3.8) is 0 Å². The fourth-order valence-corrected chi connectivity index (χ4v) is 6.33. The first-order valence-corrected chi connectivity index (χ1v) is 14.9. The number of carboxylic acid groups (broad SMARTS) is 3. The van der Waals surface area contributed by atoms with Gasteiger partial charge in [0.25, 0.3) is 0 Å². The van der Waals surface area contributed by atoms with Gasteiger partial charge in [-0.05, 0) is 39.9 Å². The summed E-state index contributed by atoms with van der Waals surface area (Å²) in [7, 11) is 0. The van der Waals surface area contributed by atoms with Crippen LogP contribution >= 0.6 is 37.9 Å². The van der Waals surface area contributed by atoms with E-state index in [-0.39, 0.29) is 12.2 Å². The standard InChI is InChI=1S/C33H30O7S3/c34-25(35)16-22(41)30-28(19-10-4-1-5-11-19)31(23(42)17-26(36)37)33(40-21-14-8-3-9-15-21)32(24(43)18-27(38)39)29(30)20-12-6-2-7-13-20/h1-15,22-24,41-43H,16-18H2,(H,34,35)(H,36,37)(H,38,39). The lowest BCUT2D eigenvalue weighted by molar-refractivity contribution is -0.138. The van der Waals surface area contributed by atoms with E-state index in [0.717, 1.165) is 0 Å². The Bertz CT molecular complexity index is 1510. The molecule has 4 rings (SSSR count). The molecule has 0 fully saturated rings. The van der Waals surface area contributed by atoms with Crippen LogP contribution in [0.5, 0.6) is 11.5 Å². The van der Waals surface area contributed by atoms with Crippen molar-refractivity contribution >= 4 is 55.8 Å². The van der Waals surface area contributed by atoms with E-state index in [4.69, 9.17) is 42.6 Å². The van der Waals surface area contributed by atoms with Gasteiger partial charge in [0.15, 0.2) is 0 Å². The first-order valence-electron chi connectivity index (χ1n) is 13.3. The molecule has 0 saturated carbocycles. The Morgan fingerprint density at radius 3 is 1.21 bits per heavy atom. The molecule has 3 unspecified atom stereocenters. The fraction of sp³-hybridized carbons (Fsp3) is 0.182. The number of carboxylic acids is 3. The van der Waals surface area contributed by atoms with Crippen molar-refractivity contribution in [1.82, 2.24) is 0 Å². The highest BCUT2D eigenvalue weighted by atomic mass is 32.1. The molecular weight excluding hydrogens is 605 g/mol. The predicted molar refractivity (Wildman–Crippen MR) is 176 cm³/mol. The molecule has 0 aliphatic carbocycles. The average Bonchev–Trinajstić information content (AvgIpc) is 2.96. The van der Waals surface area contributed by atoms with Crippen LogP contribution in [-0.2, 0) is 14.4 Å². The van der Waals surface area contributed by atoms with E-state index in [1.54, 1.807) is 24.3 Å². The number of para-hydroxylation sites is 1. The highest BCUT2D eigenvalue weighted by Gasteiger charge is 2.35. The van der Waals surface area contributed by atoms with Gasteiger partial charge in [0.1, 0.15) is 11.5 Å². The van der Waals surface area contributed by atoms with Gasteiger partial charge in [-0.3, -0.25) is 14.4 Å². The molecule has 0 saturated heterocycles. The largest absolute Gasteiger partial charge is 0.481 e. The molecule has 0 aliphatic rings.